The van der Waals surface area contributed by atoms with E-state index in [9.17, 15) is 5.11 Å². The molecule has 2 fully saturated rings. The molecule has 2 atom stereocenters. The smallest absolute Gasteiger partial charge is 0.0791 e. The minimum absolute atomic E-state index is 0.331. The van der Waals surface area contributed by atoms with Crippen molar-refractivity contribution in [1.29, 1.82) is 0 Å². The van der Waals surface area contributed by atoms with Crippen molar-refractivity contribution in [2.45, 2.75) is 56.7 Å². The van der Waals surface area contributed by atoms with Gasteiger partial charge in [-0.05, 0) is 55.6 Å². The van der Waals surface area contributed by atoms with E-state index in [4.69, 9.17) is 4.74 Å². The summed E-state index contributed by atoms with van der Waals surface area (Å²) in [5.41, 5.74) is 2.49. The minimum Gasteiger partial charge on any atom is -0.388 e. The van der Waals surface area contributed by atoms with E-state index in [0.717, 1.165) is 37.4 Å². The van der Waals surface area contributed by atoms with Crippen LogP contribution in [0.1, 0.15) is 61.7 Å². The Kier molecular flexibility index (Phi) is 3.67. The molecule has 1 aliphatic carbocycles. The summed E-state index contributed by atoms with van der Waals surface area (Å²) < 4.78 is 5.59. The molecule has 3 rings (SSSR count). The third kappa shape index (κ3) is 2.93. The lowest BCUT2D eigenvalue weighted by Gasteiger charge is -2.14. The molecule has 0 aromatic heterocycles. The van der Waals surface area contributed by atoms with Crippen LogP contribution < -0.4 is 0 Å². The number of hydrogen-bond donors (Lipinski definition) is 1. The first-order valence-corrected chi connectivity index (χ1v) is 7.22. The Morgan fingerprint density at radius 1 is 1.17 bits per heavy atom. The van der Waals surface area contributed by atoms with Gasteiger partial charge in [-0.2, -0.15) is 0 Å². The normalized spacial score (nSPS) is 25.3. The number of aliphatic hydroxyl groups excluding tert-OH is 1. The van der Waals surface area contributed by atoms with E-state index in [-0.39, 0.29) is 6.10 Å². The molecule has 1 saturated heterocycles. The van der Waals surface area contributed by atoms with Crippen LogP contribution in [0.4, 0.5) is 0 Å². The fraction of sp³-hybridized carbons (Fsp3) is 0.625. The molecular formula is C16H22O2. The molecular weight excluding hydrogens is 224 g/mol. The van der Waals surface area contributed by atoms with E-state index < -0.39 is 0 Å². The first kappa shape index (κ1) is 12.2. The minimum atomic E-state index is -0.331. The molecule has 0 radical (unpaired) electrons. The fourth-order valence-corrected chi connectivity index (χ4v) is 2.79. The van der Waals surface area contributed by atoms with Gasteiger partial charge < -0.3 is 9.84 Å². The molecule has 1 aliphatic heterocycles. The van der Waals surface area contributed by atoms with Crippen LogP contribution in [0.5, 0.6) is 0 Å². The SMILES string of the molecule is OC(CCC1CCCO1)c1ccc(C2CC2)cc1. The molecule has 2 aliphatic rings. The van der Waals surface area contributed by atoms with E-state index >= 15 is 0 Å². The quantitative estimate of drug-likeness (QED) is 0.860. The highest BCUT2D eigenvalue weighted by atomic mass is 16.5. The highest BCUT2D eigenvalue weighted by Gasteiger charge is 2.23. The summed E-state index contributed by atoms with van der Waals surface area (Å²) in [6.45, 7) is 0.900. The molecule has 2 unspecified atom stereocenters. The van der Waals surface area contributed by atoms with Crippen molar-refractivity contribution >= 4 is 0 Å². The van der Waals surface area contributed by atoms with Crippen LogP contribution in [0, 0.1) is 0 Å². The zero-order valence-corrected chi connectivity index (χ0v) is 10.8. The van der Waals surface area contributed by atoms with Gasteiger partial charge in [0.2, 0.25) is 0 Å². The average molecular weight is 246 g/mol. The van der Waals surface area contributed by atoms with Gasteiger partial charge in [0.25, 0.3) is 0 Å². The van der Waals surface area contributed by atoms with Gasteiger partial charge in [-0.1, -0.05) is 24.3 Å². The molecule has 98 valence electrons. The summed E-state index contributed by atoms with van der Waals surface area (Å²) in [7, 11) is 0. The van der Waals surface area contributed by atoms with Gasteiger partial charge in [0, 0.05) is 6.61 Å². The van der Waals surface area contributed by atoms with Gasteiger partial charge in [-0.15, -0.1) is 0 Å². The van der Waals surface area contributed by atoms with E-state index in [2.05, 4.69) is 24.3 Å². The van der Waals surface area contributed by atoms with Crippen molar-refractivity contribution in [3.05, 3.63) is 35.4 Å². The molecule has 2 heteroatoms. The number of hydrogen-bond acceptors (Lipinski definition) is 2. The van der Waals surface area contributed by atoms with Crippen molar-refractivity contribution in [2.75, 3.05) is 6.61 Å². The van der Waals surface area contributed by atoms with E-state index in [0.29, 0.717) is 6.10 Å². The summed E-state index contributed by atoms with van der Waals surface area (Å²) in [5.74, 6) is 0.795. The van der Waals surface area contributed by atoms with Crippen LogP contribution in [-0.2, 0) is 4.74 Å². The summed E-state index contributed by atoms with van der Waals surface area (Å²) in [6.07, 6.45) is 6.85. The summed E-state index contributed by atoms with van der Waals surface area (Å²) in [4.78, 5) is 0. The maximum Gasteiger partial charge on any atom is 0.0791 e. The standard InChI is InChI=1S/C16H22O2/c17-16(10-9-15-2-1-11-18-15)14-7-5-13(6-8-14)12-3-4-12/h5-8,12,15-17H,1-4,9-11H2. The van der Waals surface area contributed by atoms with Crippen LogP contribution in [0.3, 0.4) is 0 Å². The van der Waals surface area contributed by atoms with Gasteiger partial charge >= 0.3 is 0 Å². The zero-order valence-electron chi connectivity index (χ0n) is 10.8. The van der Waals surface area contributed by atoms with Crippen molar-refractivity contribution in [1.82, 2.24) is 0 Å². The van der Waals surface area contributed by atoms with Gasteiger partial charge in [0.05, 0.1) is 12.2 Å². The third-order valence-electron chi connectivity index (χ3n) is 4.16. The Bertz CT molecular complexity index is 375. The van der Waals surface area contributed by atoms with E-state index in [1.807, 2.05) is 0 Å². The molecule has 2 nitrogen and oxygen atoms in total. The largest absolute Gasteiger partial charge is 0.388 e. The lowest BCUT2D eigenvalue weighted by Crippen LogP contribution is -2.08. The van der Waals surface area contributed by atoms with E-state index in [1.54, 1.807) is 0 Å². The molecule has 1 saturated carbocycles. The number of aliphatic hydroxyl groups is 1. The number of ether oxygens (including phenoxy) is 1. The Morgan fingerprint density at radius 3 is 2.56 bits per heavy atom. The van der Waals surface area contributed by atoms with Crippen LogP contribution in [0.2, 0.25) is 0 Å². The summed E-state index contributed by atoms with van der Waals surface area (Å²) in [6, 6.07) is 8.55. The maximum atomic E-state index is 10.2. The molecule has 1 heterocycles. The monoisotopic (exact) mass is 246 g/mol. The molecule has 1 N–H and O–H groups in total. The first-order valence-electron chi connectivity index (χ1n) is 7.22. The Labute approximate surface area is 109 Å². The number of rotatable bonds is 5. The third-order valence-corrected chi connectivity index (χ3v) is 4.16. The van der Waals surface area contributed by atoms with Crippen molar-refractivity contribution in [2.24, 2.45) is 0 Å². The number of benzene rings is 1. The second-order valence-corrected chi connectivity index (χ2v) is 5.67. The predicted molar refractivity (Wildman–Crippen MR) is 71.6 cm³/mol. The van der Waals surface area contributed by atoms with Crippen molar-refractivity contribution in [3.8, 4) is 0 Å². The van der Waals surface area contributed by atoms with Crippen LogP contribution in [0.25, 0.3) is 0 Å². The topological polar surface area (TPSA) is 29.5 Å². The first-order chi connectivity index (χ1) is 8.83. The highest BCUT2D eigenvalue weighted by Crippen LogP contribution is 2.40. The Morgan fingerprint density at radius 2 is 1.94 bits per heavy atom. The molecule has 0 amide bonds. The van der Waals surface area contributed by atoms with Gasteiger partial charge in [-0.3, -0.25) is 0 Å². The Hall–Kier alpha value is -0.860. The van der Waals surface area contributed by atoms with Crippen LogP contribution >= 0.6 is 0 Å². The van der Waals surface area contributed by atoms with Gasteiger partial charge in [-0.25, -0.2) is 0 Å². The van der Waals surface area contributed by atoms with E-state index in [1.165, 1.54) is 24.8 Å². The molecule has 1 aromatic carbocycles. The van der Waals surface area contributed by atoms with Crippen LogP contribution in [0.15, 0.2) is 24.3 Å². The van der Waals surface area contributed by atoms with Gasteiger partial charge in [0.1, 0.15) is 0 Å². The van der Waals surface area contributed by atoms with Crippen molar-refractivity contribution in [3.63, 3.8) is 0 Å². The van der Waals surface area contributed by atoms with Crippen molar-refractivity contribution < 1.29 is 9.84 Å². The molecule has 1 aromatic rings. The lowest BCUT2D eigenvalue weighted by molar-refractivity contribution is 0.0812. The second kappa shape index (κ2) is 5.41. The zero-order chi connectivity index (χ0) is 12.4. The maximum absolute atomic E-state index is 10.2. The summed E-state index contributed by atoms with van der Waals surface area (Å²) in [5, 5.41) is 10.2. The predicted octanol–water partition coefficient (Wildman–Crippen LogP) is 3.56. The Balaban J connectivity index is 1.52. The molecule has 18 heavy (non-hydrogen) atoms. The van der Waals surface area contributed by atoms with Crippen LogP contribution in [-0.4, -0.2) is 17.8 Å². The van der Waals surface area contributed by atoms with Gasteiger partial charge in [0.15, 0.2) is 0 Å². The average Bonchev–Trinajstić information content (AvgIpc) is 3.13. The fourth-order valence-electron chi connectivity index (χ4n) is 2.79. The lowest BCUT2D eigenvalue weighted by atomic mass is 10.00. The summed E-state index contributed by atoms with van der Waals surface area (Å²) >= 11 is 0. The molecule has 0 spiro atoms. The molecule has 0 bridgehead atoms. The highest BCUT2D eigenvalue weighted by molar-refractivity contribution is 5.29. The second-order valence-electron chi connectivity index (χ2n) is 5.67.